The van der Waals surface area contributed by atoms with E-state index < -0.39 is 5.25 Å². The Morgan fingerprint density at radius 1 is 1.17 bits per heavy atom. The Morgan fingerprint density at radius 2 is 1.87 bits per heavy atom. The lowest BCUT2D eigenvalue weighted by atomic mass is 10.1. The standard InChI is InChI=1S/C24H23N3O2S/c1-4-29-21-13-9-8-12-20(21)27-23(28)22(18-10-6-5-7-11-18)30-24-19(15-25)16(2)14-17(3)26-24/h5-14,22H,4H2,1-3H3,(H,27,28)/t22-/m0/s1. The third-order valence-corrected chi connectivity index (χ3v) is 5.68. The first-order valence-electron chi connectivity index (χ1n) is 9.66. The predicted molar refractivity (Wildman–Crippen MR) is 120 cm³/mol. The molecule has 3 rings (SSSR count). The van der Waals surface area contributed by atoms with Gasteiger partial charge in [0, 0.05) is 5.69 Å². The highest BCUT2D eigenvalue weighted by Gasteiger charge is 2.25. The number of benzene rings is 2. The molecule has 0 aliphatic carbocycles. The van der Waals surface area contributed by atoms with Gasteiger partial charge in [-0.1, -0.05) is 54.2 Å². The topological polar surface area (TPSA) is 75.0 Å². The molecule has 0 spiro atoms. The number of carbonyl (C=O) groups is 1. The Hall–Kier alpha value is -3.30. The number of nitrogens with zero attached hydrogens (tertiary/aromatic N) is 2. The molecule has 0 radical (unpaired) electrons. The molecule has 5 nitrogen and oxygen atoms in total. The van der Waals surface area contributed by atoms with Crippen molar-refractivity contribution < 1.29 is 9.53 Å². The molecule has 1 N–H and O–H groups in total. The number of hydrogen-bond acceptors (Lipinski definition) is 5. The van der Waals surface area contributed by atoms with Crippen LogP contribution in [0, 0.1) is 25.2 Å². The third kappa shape index (κ3) is 5.00. The van der Waals surface area contributed by atoms with E-state index in [-0.39, 0.29) is 5.91 Å². The first-order valence-corrected chi connectivity index (χ1v) is 10.5. The van der Waals surface area contributed by atoms with Crippen LogP contribution in [0.15, 0.2) is 65.7 Å². The number of nitrogens with one attached hydrogen (secondary N) is 1. The van der Waals surface area contributed by atoms with Crippen LogP contribution in [0.3, 0.4) is 0 Å². The number of nitriles is 1. The zero-order valence-corrected chi connectivity index (χ0v) is 18.0. The first-order chi connectivity index (χ1) is 14.5. The van der Waals surface area contributed by atoms with Gasteiger partial charge in [0.15, 0.2) is 0 Å². The van der Waals surface area contributed by atoms with Gasteiger partial charge in [0.1, 0.15) is 22.1 Å². The van der Waals surface area contributed by atoms with Gasteiger partial charge in [-0.25, -0.2) is 4.98 Å². The number of para-hydroxylation sites is 2. The van der Waals surface area contributed by atoms with E-state index in [1.54, 1.807) is 0 Å². The van der Waals surface area contributed by atoms with E-state index in [0.29, 0.717) is 28.6 Å². The lowest BCUT2D eigenvalue weighted by Gasteiger charge is -2.19. The Bertz CT molecular complexity index is 1080. The minimum atomic E-state index is -0.582. The lowest BCUT2D eigenvalue weighted by molar-refractivity contribution is -0.115. The second-order valence-corrected chi connectivity index (χ2v) is 7.79. The van der Waals surface area contributed by atoms with Gasteiger partial charge in [-0.3, -0.25) is 4.79 Å². The molecule has 0 unspecified atom stereocenters. The summed E-state index contributed by atoms with van der Waals surface area (Å²) in [6.07, 6.45) is 0. The molecule has 0 bridgehead atoms. The Morgan fingerprint density at radius 3 is 2.57 bits per heavy atom. The van der Waals surface area contributed by atoms with Gasteiger partial charge in [-0.15, -0.1) is 0 Å². The zero-order valence-electron chi connectivity index (χ0n) is 17.2. The summed E-state index contributed by atoms with van der Waals surface area (Å²) in [4.78, 5) is 17.9. The summed E-state index contributed by atoms with van der Waals surface area (Å²) >= 11 is 1.28. The van der Waals surface area contributed by atoms with Crippen molar-refractivity contribution in [2.75, 3.05) is 11.9 Å². The van der Waals surface area contributed by atoms with Gasteiger partial charge >= 0.3 is 0 Å². The molecule has 0 saturated carbocycles. The van der Waals surface area contributed by atoms with Crippen LogP contribution in [0.4, 0.5) is 5.69 Å². The maximum Gasteiger partial charge on any atom is 0.242 e. The molecule has 1 atom stereocenters. The Labute approximate surface area is 181 Å². The van der Waals surface area contributed by atoms with Crippen LogP contribution in [0.5, 0.6) is 5.75 Å². The van der Waals surface area contributed by atoms with Gasteiger partial charge in [-0.05, 0) is 50.1 Å². The summed E-state index contributed by atoms with van der Waals surface area (Å²) in [6.45, 7) is 6.17. The first kappa shape index (κ1) is 21.4. The van der Waals surface area contributed by atoms with Crippen LogP contribution in [0.2, 0.25) is 0 Å². The molecule has 1 aromatic heterocycles. The maximum atomic E-state index is 13.3. The number of aryl methyl sites for hydroxylation is 2. The Kier molecular flexibility index (Phi) is 7.10. The molecule has 3 aromatic rings. The van der Waals surface area contributed by atoms with Gasteiger partial charge < -0.3 is 10.1 Å². The fourth-order valence-corrected chi connectivity index (χ4v) is 4.29. The molecule has 0 saturated heterocycles. The van der Waals surface area contributed by atoms with E-state index >= 15 is 0 Å². The molecule has 0 aliphatic rings. The van der Waals surface area contributed by atoms with Crippen molar-refractivity contribution in [3.05, 3.63) is 83.0 Å². The fraction of sp³-hybridized carbons (Fsp3) is 0.208. The molecule has 0 fully saturated rings. The second-order valence-electron chi connectivity index (χ2n) is 6.70. The quantitative estimate of drug-likeness (QED) is 0.518. The summed E-state index contributed by atoms with van der Waals surface area (Å²) in [7, 11) is 0. The van der Waals surface area contributed by atoms with Crippen molar-refractivity contribution in [2.45, 2.75) is 31.0 Å². The smallest absolute Gasteiger partial charge is 0.242 e. The van der Waals surface area contributed by atoms with Crippen LogP contribution in [-0.2, 0) is 4.79 Å². The molecule has 0 aliphatic heterocycles. The fourth-order valence-electron chi connectivity index (χ4n) is 3.09. The van der Waals surface area contributed by atoms with Crippen LogP contribution in [-0.4, -0.2) is 17.5 Å². The number of aromatic nitrogens is 1. The normalized spacial score (nSPS) is 11.4. The van der Waals surface area contributed by atoms with E-state index in [1.165, 1.54) is 11.8 Å². The van der Waals surface area contributed by atoms with Crippen molar-refractivity contribution in [3.63, 3.8) is 0 Å². The van der Waals surface area contributed by atoms with Crippen LogP contribution >= 0.6 is 11.8 Å². The molecule has 6 heteroatoms. The number of carbonyl (C=O) groups excluding carboxylic acids is 1. The number of pyridine rings is 1. The molecule has 30 heavy (non-hydrogen) atoms. The van der Waals surface area contributed by atoms with Crippen molar-refractivity contribution in [1.82, 2.24) is 4.98 Å². The molecule has 2 aromatic carbocycles. The number of anilines is 1. The average Bonchev–Trinajstić information content (AvgIpc) is 2.74. The highest BCUT2D eigenvalue weighted by atomic mass is 32.2. The van der Waals surface area contributed by atoms with Crippen molar-refractivity contribution in [1.29, 1.82) is 5.26 Å². The Balaban J connectivity index is 1.97. The predicted octanol–water partition coefficient (Wildman–Crippen LogP) is 5.44. The SMILES string of the molecule is CCOc1ccccc1NC(=O)[C@@H](Sc1nc(C)cc(C)c1C#N)c1ccccc1. The second kappa shape index (κ2) is 9.95. The lowest BCUT2D eigenvalue weighted by Crippen LogP contribution is -2.20. The molecular weight excluding hydrogens is 394 g/mol. The van der Waals surface area contributed by atoms with Crippen LogP contribution < -0.4 is 10.1 Å². The molecule has 1 amide bonds. The summed E-state index contributed by atoms with van der Waals surface area (Å²) < 4.78 is 5.63. The average molecular weight is 418 g/mol. The van der Waals surface area contributed by atoms with Crippen molar-refractivity contribution >= 4 is 23.4 Å². The number of hydrogen-bond donors (Lipinski definition) is 1. The molecular formula is C24H23N3O2S. The van der Waals surface area contributed by atoms with Crippen molar-refractivity contribution in [2.24, 2.45) is 0 Å². The zero-order chi connectivity index (χ0) is 21.5. The van der Waals surface area contributed by atoms with Crippen molar-refractivity contribution in [3.8, 4) is 11.8 Å². The summed E-state index contributed by atoms with van der Waals surface area (Å²) in [5.74, 6) is 0.413. The molecule has 1 heterocycles. The van der Waals surface area contributed by atoms with E-state index in [4.69, 9.17) is 4.74 Å². The van der Waals surface area contributed by atoms with E-state index in [1.807, 2.05) is 81.4 Å². The largest absolute Gasteiger partial charge is 0.492 e. The number of thioether (sulfide) groups is 1. The summed E-state index contributed by atoms with van der Waals surface area (Å²) in [5.41, 5.74) is 3.59. The number of ether oxygens (including phenoxy) is 1. The monoisotopic (exact) mass is 417 g/mol. The van der Waals surface area contributed by atoms with Crippen LogP contribution in [0.25, 0.3) is 0 Å². The number of amides is 1. The van der Waals surface area contributed by atoms with Crippen LogP contribution in [0.1, 0.15) is 34.6 Å². The minimum Gasteiger partial charge on any atom is -0.492 e. The highest BCUT2D eigenvalue weighted by molar-refractivity contribution is 8.00. The van der Waals surface area contributed by atoms with Gasteiger partial charge in [-0.2, -0.15) is 5.26 Å². The van der Waals surface area contributed by atoms with Gasteiger partial charge in [0.05, 0.1) is 17.9 Å². The van der Waals surface area contributed by atoms with Gasteiger partial charge in [0.2, 0.25) is 5.91 Å². The molecule has 152 valence electrons. The maximum absolute atomic E-state index is 13.3. The third-order valence-electron chi connectivity index (χ3n) is 4.44. The number of rotatable bonds is 7. The van der Waals surface area contributed by atoms with E-state index in [2.05, 4.69) is 16.4 Å². The van der Waals surface area contributed by atoms with Gasteiger partial charge in [0.25, 0.3) is 0 Å². The summed E-state index contributed by atoms with van der Waals surface area (Å²) in [6, 6.07) is 20.9. The van der Waals surface area contributed by atoms with E-state index in [9.17, 15) is 10.1 Å². The highest BCUT2D eigenvalue weighted by Crippen LogP contribution is 2.38. The van der Waals surface area contributed by atoms with E-state index in [0.717, 1.165) is 16.8 Å². The minimum absolute atomic E-state index is 0.205. The summed E-state index contributed by atoms with van der Waals surface area (Å²) in [5, 5.41) is 12.6.